The van der Waals surface area contributed by atoms with Gasteiger partial charge in [-0.15, -0.1) is 0 Å². The SMILES string of the molecule is Cc1ccc(C(C)CCN2CCc3c(c(C(=O)NCc4ccccc4)nn3C)C2)o1. The average molecular weight is 407 g/mol. The Kier molecular flexibility index (Phi) is 6.04. The third-order valence-corrected chi connectivity index (χ3v) is 5.96. The van der Waals surface area contributed by atoms with E-state index in [0.29, 0.717) is 18.2 Å². The molecule has 3 heterocycles. The molecule has 1 aromatic carbocycles. The van der Waals surface area contributed by atoms with Crippen molar-refractivity contribution >= 4 is 5.91 Å². The molecule has 1 aliphatic rings. The second-order valence-corrected chi connectivity index (χ2v) is 8.23. The normalized spacial score (nSPS) is 15.0. The molecule has 1 amide bonds. The largest absolute Gasteiger partial charge is 0.466 e. The molecule has 30 heavy (non-hydrogen) atoms. The van der Waals surface area contributed by atoms with E-state index in [1.165, 1.54) is 5.69 Å². The Bertz CT molecular complexity index is 1010. The summed E-state index contributed by atoms with van der Waals surface area (Å²) in [7, 11) is 1.93. The van der Waals surface area contributed by atoms with E-state index in [0.717, 1.165) is 55.1 Å². The van der Waals surface area contributed by atoms with E-state index in [2.05, 4.69) is 28.3 Å². The maximum Gasteiger partial charge on any atom is 0.272 e. The Labute approximate surface area is 177 Å². The molecule has 0 fully saturated rings. The van der Waals surface area contributed by atoms with Gasteiger partial charge in [-0.25, -0.2) is 0 Å². The maximum absolute atomic E-state index is 12.8. The van der Waals surface area contributed by atoms with Gasteiger partial charge >= 0.3 is 0 Å². The highest BCUT2D eigenvalue weighted by Gasteiger charge is 2.27. The molecular formula is C24H30N4O2. The van der Waals surface area contributed by atoms with Crippen molar-refractivity contribution in [3.8, 4) is 0 Å². The molecule has 0 bridgehead atoms. The average Bonchev–Trinajstić information content (AvgIpc) is 3.34. The minimum atomic E-state index is -0.100. The molecule has 6 heteroatoms. The van der Waals surface area contributed by atoms with E-state index >= 15 is 0 Å². The summed E-state index contributed by atoms with van der Waals surface area (Å²) in [5, 5.41) is 7.57. The summed E-state index contributed by atoms with van der Waals surface area (Å²) in [5.74, 6) is 2.29. The first kappa shape index (κ1) is 20.4. The van der Waals surface area contributed by atoms with E-state index in [-0.39, 0.29) is 5.91 Å². The topological polar surface area (TPSA) is 63.3 Å². The molecule has 1 unspecified atom stereocenters. The quantitative estimate of drug-likeness (QED) is 0.648. The van der Waals surface area contributed by atoms with Crippen molar-refractivity contribution in [1.29, 1.82) is 0 Å². The summed E-state index contributed by atoms with van der Waals surface area (Å²) in [6.07, 6.45) is 1.94. The summed E-state index contributed by atoms with van der Waals surface area (Å²) in [5.41, 5.74) is 3.88. The number of aromatic nitrogens is 2. The van der Waals surface area contributed by atoms with Crippen LogP contribution in [0, 0.1) is 6.92 Å². The smallest absolute Gasteiger partial charge is 0.272 e. The van der Waals surface area contributed by atoms with Crippen molar-refractivity contribution < 1.29 is 9.21 Å². The van der Waals surface area contributed by atoms with E-state index in [4.69, 9.17) is 4.42 Å². The number of carbonyl (C=O) groups excluding carboxylic acids is 1. The first-order chi connectivity index (χ1) is 14.5. The van der Waals surface area contributed by atoms with Crippen LogP contribution in [0.2, 0.25) is 0 Å². The van der Waals surface area contributed by atoms with Crippen molar-refractivity contribution in [2.24, 2.45) is 7.05 Å². The third kappa shape index (κ3) is 4.49. The van der Waals surface area contributed by atoms with Gasteiger partial charge in [-0.05, 0) is 37.6 Å². The van der Waals surface area contributed by atoms with Gasteiger partial charge < -0.3 is 9.73 Å². The van der Waals surface area contributed by atoms with Crippen molar-refractivity contribution in [3.05, 3.63) is 76.5 Å². The number of fused-ring (bicyclic) bond motifs is 1. The molecule has 0 aliphatic carbocycles. The molecule has 158 valence electrons. The van der Waals surface area contributed by atoms with Gasteiger partial charge in [-0.2, -0.15) is 5.10 Å². The number of nitrogens with zero attached hydrogens (tertiary/aromatic N) is 3. The van der Waals surface area contributed by atoms with Crippen molar-refractivity contribution in [2.75, 3.05) is 13.1 Å². The third-order valence-electron chi connectivity index (χ3n) is 5.96. The molecule has 1 N–H and O–H groups in total. The van der Waals surface area contributed by atoms with Crippen LogP contribution in [0.5, 0.6) is 0 Å². The van der Waals surface area contributed by atoms with E-state index in [1.54, 1.807) is 0 Å². The van der Waals surface area contributed by atoms with Gasteiger partial charge in [0.1, 0.15) is 11.5 Å². The summed E-state index contributed by atoms with van der Waals surface area (Å²) in [6, 6.07) is 14.1. The Morgan fingerprint density at radius 3 is 2.77 bits per heavy atom. The predicted octanol–water partition coefficient (Wildman–Crippen LogP) is 3.80. The van der Waals surface area contributed by atoms with Crippen LogP contribution < -0.4 is 5.32 Å². The lowest BCUT2D eigenvalue weighted by Gasteiger charge is -2.28. The van der Waals surface area contributed by atoms with Crippen LogP contribution in [0.4, 0.5) is 0 Å². The van der Waals surface area contributed by atoms with Crippen LogP contribution in [0.25, 0.3) is 0 Å². The zero-order chi connectivity index (χ0) is 21.1. The van der Waals surface area contributed by atoms with Gasteiger partial charge in [-0.3, -0.25) is 14.4 Å². The minimum absolute atomic E-state index is 0.100. The molecule has 0 radical (unpaired) electrons. The van der Waals surface area contributed by atoms with Gasteiger partial charge in [0.2, 0.25) is 0 Å². The van der Waals surface area contributed by atoms with Crippen molar-refractivity contribution in [1.82, 2.24) is 20.0 Å². The molecule has 2 aromatic heterocycles. The highest BCUT2D eigenvalue weighted by atomic mass is 16.3. The number of hydrogen-bond acceptors (Lipinski definition) is 4. The number of amides is 1. The molecule has 1 aliphatic heterocycles. The molecule has 3 aromatic rings. The van der Waals surface area contributed by atoms with Crippen LogP contribution in [0.3, 0.4) is 0 Å². The van der Waals surface area contributed by atoms with Crippen molar-refractivity contribution in [2.45, 2.75) is 45.7 Å². The fraction of sp³-hybridized carbons (Fsp3) is 0.417. The van der Waals surface area contributed by atoms with Crippen LogP contribution in [0.1, 0.15) is 58.1 Å². The molecule has 6 nitrogen and oxygen atoms in total. The molecule has 4 rings (SSSR count). The van der Waals surface area contributed by atoms with Crippen LogP contribution >= 0.6 is 0 Å². The zero-order valence-corrected chi connectivity index (χ0v) is 18.0. The Balaban J connectivity index is 1.39. The maximum atomic E-state index is 12.8. The van der Waals surface area contributed by atoms with Gasteiger partial charge in [0, 0.05) is 50.3 Å². The van der Waals surface area contributed by atoms with Crippen LogP contribution in [-0.4, -0.2) is 33.7 Å². The van der Waals surface area contributed by atoms with Crippen molar-refractivity contribution in [3.63, 3.8) is 0 Å². The van der Waals surface area contributed by atoms with Gasteiger partial charge in [0.05, 0.1) is 0 Å². The zero-order valence-electron chi connectivity index (χ0n) is 18.0. The lowest BCUT2D eigenvalue weighted by Crippen LogP contribution is -2.33. The second kappa shape index (κ2) is 8.88. The highest BCUT2D eigenvalue weighted by Crippen LogP contribution is 2.25. The van der Waals surface area contributed by atoms with Crippen LogP contribution in [0.15, 0.2) is 46.9 Å². The number of aryl methyl sites for hydroxylation is 2. The van der Waals surface area contributed by atoms with Gasteiger partial charge in [0.15, 0.2) is 5.69 Å². The number of carbonyl (C=O) groups is 1. The van der Waals surface area contributed by atoms with E-state index in [9.17, 15) is 4.79 Å². The lowest BCUT2D eigenvalue weighted by atomic mass is 10.0. The molecule has 0 spiro atoms. The Hall–Kier alpha value is -2.86. The van der Waals surface area contributed by atoms with Gasteiger partial charge in [0.25, 0.3) is 5.91 Å². The highest BCUT2D eigenvalue weighted by molar-refractivity contribution is 5.94. The first-order valence-electron chi connectivity index (χ1n) is 10.7. The summed E-state index contributed by atoms with van der Waals surface area (Å²) in [6.45, 7) is 7.42. The standard InChI is InChI=1S/C24H30N4O2/c1-17(22-10-9-18(2)30-22)11-13-28-14-12-21-20(16-28)23(26-27(21)3)24(29)25-15-19-7-5-4-6-8-19/h4-10,17H,11-16H2,1-3H3,(H,25,29). The van der Waals surface area contributed by atoms with E-state index < -0.39 is 0 Å². The molecule has 0 saturated heterocycles. The number of nitrogens with one attached hydrogen (secondary N) is 1. The fourth-order valence-electron chi connectivity index (χ4n) is 4.12. The Morgan fingerprint density at radius 1 is 1.23 bits per heavy atom. The lowest BCUT2D eigenvalue weighted by molar-refractivity contribution is 0.0943. The fourth-order valence-corrected chi connectivity index (χ4v) is 4.12. The van der Waals surface area contributed by atoms with E-state index in [1.807, 2.05) is 55.1 Å². The van der Waals surface area contributed by atoms with Crippen LogP contribution in [-0.2, 0) is 26.6 Å². The summed E-state index contributed by atoms with van der Waals surface area (Å²) >= 11 is 0. The monoisotopic (exact) mass is 406 g/mol. The summed E-state index contributed by atoms with van der Waals surface area (Å²) in [4.78, 5) is 15.3. The molecule has 0 saturated carbocycles. The predicted molar refractivity (Wildman–Crippen MR) is 116 cm³/mol. The Morgan fingerprint density at radius 2 is 2.03 bits per heavy atom. The number of furan rings is 1. The molecule has 1 atom stereocenters. The second-order valence-electron chi connectivity index (χ2n) is 8.23. The molecular weight excluding hydrogens is 376 g/mol. The van der Waals surface area contributed by atoms with Gasteiger partial charge in [-0.1, -0.05) is 37.3 Å². The minimum Gasteiger partial charge on any atom is -0.466 e. The summed E-state index contributed by atoms with van der Waals surface area (Å²) < 4.78 is 7.65. The number of rotatable bonds is 7. The number of benzene rings is 1. The first-order valence-corrected chi connectivity index (χ1v) is 10.7. The number of hydrogen-bond donors (Lipinski definition) is 1.